The van der Waals surface area contributed by atoms with Gasteiger partial charge >= 0.3 is 6.03 Å². The lowest BCUT2D eigenvalue weighted by molar-refractivity contribution is -0.120. The van der Waals surface area contributed by atoms with E-state index in [1.807, 2.05) is 48.5 Å². The summed E-state index contributed by atoms with van der Waals surface area (Å²) in [7, 11) is 1.61. The van der Waals surface area contributed by atoms with Crippen LogP contribution in [0.2, 0.25) is 0 Å². The van der Waals surface area contributed by atoms with Crippen LogP contribution in [-0.4, -0.2) is 47.4 Å². The zero-order valence-corrected chi connectivity index (χ0v) is 24.9. The zero-order chi connectivity index (χ0) is 30.1. The Morgan fingerprint density at radius 3 is 2.51 bits per heavy atom. The molecule has 2 aliphatic heterocycles. The summed E-state index contributed by atoms with van der Waals surface area (Å²) in [4.78, 5) is 48.5. The molecule has 0 bridgehead atoms. The second kappa shape index (κ2) is 12.0. The molecular weight excluding hydrogens is 540 g/mol. The van der Waals surface area contributed by atoms with Crippen LogP contribution in [0.15, 0.2) is 72.8 Å². The number of nitrogens with one attached hydrogen (secondary N) is 2. The minimum atomic E-state index is -0.707. The number of H-pyrrole nitrogens is 1. The van der Waals surface area contributed by atoms with Gasteiger partial charge in [0.25, 0.3) is 11.8 Å². The van der Waals surface area contributed by atoms with Gasteiger partial charge in [-0.25, -0.2) is 9.69 Å². The van der Waals surface area contributed by atoms with E-state index in [1.54, 1.807) is 36.3 Å². The number of hydrogen-bond donors (Lipinski definition) is 2. The maximum absolute atomic E-state index is 14.3. The number of aromatic amines is 1. The number of anilines is 1. The predicted molar refractivity (Wildman–Crippen MR) is 167 cm³/mol. The molecule has 1 fully saturated rings. The first-order valence-corrected chi connectivity index (χ1v) is 15.2. The quantitative estimate of drug-likeness (QED) is 0.207. The fraction of sp³-hybridized carbons (Fsp3) is 0.343. The number of fused-ring (bicyclic) bond motifs is 4. The van der Waals surface area contributed by atoms with Crippen molar-refractivity contribution >= 4 is 34.4 Å². The highest BCUT2D eigenvalue weighted by molar-refractivity contribution is 6.24. The van der Waals surface area contributed by atoms with Gasteiger partial charge in [0, 0.05) is 29.6 Å². The normalized spacial score (nSPS) is 18.5. The molecule has 2 aliphatic rings. The molecule has 2 N–H and O–H groups in total. The van der Waals surface area contributed by atoms with Gasteiger partial charge in [0.05, 0.1) is 18.4 Å². The number of nitrogens with zero attached hydrogens (tertiary/aromatic N) is 2. The Morgan fingerprint density at radius 1 is 1.02 bits per heavy atom. The molecule has 1 aromatic heterocycles. The first kappa shape index (κ1) is 28.5. The van der Waals surface area contributed by atoms with Crippen LogP contribution < -0.4 is 15.0 Å². The Kier molecular flexibility index (Phi) is 7.93. The molecule has 222 valence electrons. The first-order valence-electron chi connectivity index (χ1n) is 15.2. The number of methoxy groups -OCH3 is 1. The number of carbonyl (C=O) groups is 3. The van der Waals surface area contributed by atoms with Crippen LogP contribution in [-0.2, 0) is 11.2 Å². The molecule has 0 aliphatic carbocycles. The number of benzene rings is 3. The van der Waals surface area contributed by atoms with Gasteiger partial charge in [-0.15, -0.1) is 0 Å². The van der Waals surface area contributed by atoms with Crippen molar-refractivity contribution in [2.45, 2.75) is 58.0 Å². The third kappa shape index (κ3) is 5.05. The van der Waals surface area contributed by atoms with Crippen molar-refractivity contribution in [1.29, 1.82) is 0 Å². The van der Waals surface area contributed by atoms with E-state index in [2.05, 4.69) is 24.1 Å². The summed E-state index contributed by atoms with van der Waals surface area (Å²) in [6, 6.07) is 20.9. The van der Waals surface area contributed by atoms with Crippen LogP contribution in [0, 0.1) is 5.92 Å². The summed E-state index contributed by atoms with van der Waals surface area (Å²) >= 11 is 0. The van der Waals surface area contributed by atoms with Crippen LogP contribution in [0.3, 0.4) is 0 Å². The number of carbonyl (C=O) groups excluding carboxylic acids is 3. The van der Waals surface area contributed by atoms with Gasteiger partial charge in [-0.05, 0) is 53.8 Å². The Balaban J connectivity index is 1.37. The summed E-state index contributed by atoms with van der Waals surface area (Å²) in [5.41, 5.74) is 4.39. The average molecular weight is 579 g/mol. The molecule has 8 nitrogen and oxygen atoms in total. The van der Waals surface area contributed by atoms with Crippen LogP contribution >= 0.6 is 0 Å². The molecule has 0 radical (unpaired) electrons. The van der Waals surface area contributed by atoms with Crippen molar-refractivity contribution < 1.29 is 19.1 Å². The fourth-order valence-corrected chi connectivity index (χ4v) is 6.57. The van der Waals surface area contributed by atoms with E-state index in [0.717, 1.165) is 53.4 Å². The van der Waals surface area contributed by atoms with E-state index in [9.17, 15) is 14.4 Å². The number of amides is 4. The number of aromatic nitrogens is 1. The summed E-state index contributed by atoms with van der Waals surface area (Å²) < 4.78 is 5.38. The Labute approximate surface area is 252 Å². The number of imide groups is 1. The van der Waals surface area contributed by atoms with E-state index in [-0.39, 0.29) is 11.8 Å². The summed E-state index contributed by atoms with van der Waals surface area (Å²) in [5, 5.41) is 4.12. The molecule has 1 saturated heterocycles. The summed E-state index contributed by atoms with van der Waals surface area (Å²) in [5.74, 6) is 0.487. The van der Waals surface area contributed by atoms with Gasteiger partial charge in [-0.3, -0.25) is 14.5 Å². The molecule has 43 heavy (non-hydrogen) atoms. The lowest BCUT2D eigenvalue weighted by Crippen LogP contribution is -2.44. The molecule has 0 saturated carbocycles. The van der Waals surface area contributed by atoms with Crippen molar-refractivity contribution in [3.8, 4) is 5.75 Å². The molecular formula is C35H38N4O4. The van der Waals surface area contributed by atoms with Gasteiger partial charge in [0.1, 0.15) is 17.8 Å². The third-order valence-corrected chi connectivity index (χ3v) is 8.96. The SMILES string of the molecule is CCCC[C@@H](CC)CNC(=O)c1ccccc1N1C(=O)[C@@H]2Cc3c([nH]c4ccccc34)[C@H](c3ccc(OC)cc3)N2C1=O. The lowest BCUT2D eigenvalue weighted by atomic mass is 9.89. The van der Waals surface area contributed by atoms with Crippen molar-refractivity contribution in [3.63, 3.8) is 0 Å². The summed E-state index contributed by atoms with van der Waals surface area (Å²) in [6.07, 6.45) is 4.64. The number of para-hydroxylation sites is 2. The van der Waals surface area contributed by atoms with Crippen molar-refractivity contribution in [2.24, 2.45) is 5.92 Å². The highest BCUT2D eigenvalue weighted by Crippen LogP contribution is 2.45. The van der Waals surface area contributed by atoms with E-state index in [1.165, 1.54) is 4.90 Å². The van der Waals surface area contributed by atoms with Crippen molar-refractivity contribution in [1.82, 2.24) is 15.2 Å². The smallest absolute Gasteiger partial charge is 0.332 e. The molecule has 3 heterocycles. The molecule has 3 atom stereocenters. The molecule has 6 rings (SSSR count). The van der Waals surface area contributed by atoms with Gasteiger partial charge in [-0.1, -0.05) is 75.6 Å². The molecule has 8 heteroatoms. The van der Waals surface area contributed by atoms with E-state index in [4.69, 9.17) is 4.74 Å². The molecule has 4 aromatic rings. The third-order valence-electron chi connectivity index (χ3n) is 8.96. The van der Waals surface area contributed by atoms with Gasteiger partial charge < -0.3 is 15.0 Å². The maximum atomic E-state index is 14.3. The highest BCUT2D eigenvalue weighted by atomic mass is 16.5. The van der Waals surface area contributed by atoms with Gasteiger partial charge in [0.15, 0.2) is 0 Å². The molecule has 0 spiro atoms. The number of ether oxygens (including phenoxy) is 1. The number of rotatable bonds is 10. The van der Waals surface area contributed by atoms with E-state index >= 15 is 0 Å². The van der Waals surface area contributed by atoms with E-state index < -0.39 is 18.1 Å². The second-order valence-corrected chi connectivity index (χ2v) is 11.5. The van der Waals surface area contributed by atoms with Crippen molar-refractivity contribution in [3.05, 3.63) is 95.2 Å². The zero-order valence-electron chi connectivity index (χ0n) is 24.9. The van der Waals surface area contributed by atoms with Gasteiger partial charge in [0.2, 0.25) is 0 Å². The lowest BCUT2D eigenvalue weighted by Gasteiger charge is -2.36. The predicted octanol–water partition coefficient (Wildman–Crippen LogP) is 6.61. The molecule has 4 amide bonds. The Hall–Kier alpha value is -4.59. The van der Waals surface area contributed by atoms with Crippen LogP contribution in [0.5, 0.6) is 5.75 Å². The number of urea groups is 1. The second-order valence-electron chi connectivity index (χ2n) is 11.5. The van der Waals surface area contributed by atoms with Crippen LogP contribution in [0.25, 0.3) is 10.9 Å². The fourth-order valence-electron chi connectivity index (χ4n) is 6.57. The topological polar surface area (TPSA) is 94.7 Å². The Morgan fingerprint density at radius 2 is 1.77 bits per heavy atom. The van der Waals surface area contributed by atoms with E-state index in [0.29, 0.717) is 35.9 Å². The molecule has 0 unspecified atom stereocenters. The standard InChI is InChI=1S/C35H38N4O4/c1-4-6-11-22(5-2)21-36-33(40)26-13-8-10-15-29(26)39-34(41)30-20-27-25-12-7-9-14-28(25)37-31(27)32(38(30)35(39)42)23-16-18-24(43-3)19-17-23/h7-10,12-19,22,30,32,37H,4-6,11,20-21H2,1-3H3,(H,36,40)/t22-,30+,32+/m1/s1. The monoisotopic (exact) mass is 578 g/mol. The van der Waals surface area contributed by atoms with Gasteiger partial charge in [-0.2, -0.15) is 0 Å². The van der Waals surface area contributed by atoms with Crippen molar-refractivity contribution in [2.75, 3.05) is 18.6 Å². The summed E-state index contributed by atoms with van der Waals surface area (Å²) in [6.45, 7) is 4.86. The first-order chi connectivity index (χ1) is 21.0. The van der Waals surface area contributed by atoms with Crippen LogP contribution in [0.4, 0.5) is 10.5 Å². The largest absolute Gasteiger partial charge is 0.497 e. The average Bonchev–Trinajstić information content (AvgIpc) is 3.53. The maximum Gasteiger partial charge on any atom is 0.332 e. The van der Waals surface area contributed by atoms with Crippen LogP contribution in [0.1, 0.15) is 72.8 Å². The minimum Gasteiger partial charge on any atom is -0.497 e. The number of hydrogen-bond acceptors (Lipinski definition) is 4. The highest BCUT2D eigenvalue weighted by Gasteiger charge is 2.53. The minimum absolute atomic E-state index is 0.279. The molecule has 3 aromatic carbocycles. The Bertz CT molecular complexity index is 1660. The number of unbranched alkanes of at least 4 members (excludes halogenated alkanes) is 1.